The summed E-state index contributed by atoms with van der Waals surface area (Å²) in [6.45, 7) is 18.3. The summed E-state index contributed by atoms with van der Waals surface area (Å²) < 4.78 is 118. The Morgan fingerprint density at radius 1 is 0.848 bits per heavy atom. The van der Waals surface area contributed by atoms with Crippen LogP contribution in [0.25, 0.3) is 0 Å². The predicted molar refractivity (Wildman–Crippen MR) is 227 cm³/mol. The van der Waals surface area contributed by atoms with Gasteiger partial charge in [0.25, 0.3) is 6.10 Å². The number of nitrogens with one attached hydrogen (secondary N) is 1. The molecule has 5 aliphatic rings. The Bertz CT molecular complexity index is 1700. The van der Waals surface area contributed by atoms with Gasteiger partial charge in [0.15, 0.2) is 5.79 Å². The van der Waals surface area contributed by atoms with Crippen molar-refractivity contribution in [1.82, 2.24) is 5.32 Å². The van der Waals surface area contributed by atoms with Crippen LogP contribution in [-0.2, 0) is 38.0 Å². The number of ketones is 1. The van der Waals surface area contributed by atoms with Gasteiger partial charge in [-0.05, 0) is 96.0 Å². The molecule has 4 saturated heterocycles. The van der Waals surface area contributed by atoms with E-state index in [0.29, 0.717) is 57.8 Å². The Morgan fingerprint density at radius 3 is 2.05 bits per heavy atom. The maximum Gasteiger partial charge on any atom is 0.434 e. The minimum Gasteiger partial charge on any atom is -0.481 e. The van der Waals surface area contributed by atoms with Crippen molar-refractivity contribution in [3.8, 4) is 0 Å². The van der Waals surface area contributed by atoms with E-state index in [1.165, 1.54) is 12.2 Å². The molecule has 0 aromatic rings. The number of Topliss-reactive ketones (excluding diaryl/α,β-unsaturated/α-hetero) is 1. The van der Waals surface area contributed by atoms with Crippen LogP contribution in [0.5, 0.6) is 0 Å². The first kappa shape index (κ1) is 54.4. The van der Waals surface area contributed by atoms with Gasteiger partial charge in [-0.25, -0.2) is 4.79 Å². The van der Waals surface area contributed by atoms with Crippen molar-refractivity contribution in [3.63, 3.8) is 0 Å². The molecule has 13 nitrogen and oxygen atoms in total. The first-order chi connectivity index (χ1) is 30.6. The molecule has 380 valence electrons. The Balaban J connectivity index is 1.40. The van der Waals surface area contributed by atoms with Gasteiger partial charge in [-0.1, -0.05) is 61.5 Å². The van der Waals surface area contributed by atoms with Gasteiger partial charge in [-0.15, -0.1) is 0 Å². The highest BCUT2D eigenvalue weighted by Crippen LogP contribution is 2.49. The minimum atomic E-state index is -5.95. The number of halogens is 6. The van der Waals surface area contributed by atoms with Crippen LogP contribution in [0.3, 0.4) is 0 Å². The summed E-state index contributed by atoms with van der Waals surface area (Å²) >= 11 is 0. The second-order valence-corrected chi connectivity index (χ2v) is 20.3. The van der Waals surface area contributed by atoms with E-state index in [2.05, 4.69) is 10.1 Å². The van der Waals surface area contributed by atoms with Crippen molar-refractivity contribution in [3.05, 3.63) is 12.2 Å². The van der Waals surface area contributed by atoms with Gasteiger partial charge in [0.05, 0.1) is 65.9 Å². The Kier molecular flexibility index (Phi) is 17.2. The van der Waals surface area contributed by atoms with Crippen LogP contribution in [0.4, 0.5) is 31.1 Å². The van der Waals surface area contributed by atoms with E-state index >= 15 is 0 Å². The summed E-state index contributed by atoms with van der Waals surface area (Å²) in [5.74, 6) is -6.41. The molecule has 0 aromatic heterocycles. The van der Waals surface area contributed by atoms with Gasteiger partial charge in [-0.3, -0.25) is 9.59 Å². The van der Waals surface area contributed by atoms with Crippen molar-refractivity contribution in [2.24, 2.45) is 41.4 Å². The molecule has 5 heterocycles. The van der Waals surface area contributed by atoms with E-state index in [1.54, 1.807) is 27.7 Å². The summed E-state index contributed by atoms with van der Waals surface area (Å²) in [5, 5.41) is 34.8. The number of carbonyl (C=O) groups excluding carboxylic acids is 2. The van der Waals surface area contributed by atoms with E-state index in [1.807, 2.05) is 41.5 Å². The molecule has 0 aromatic carbocycles. The molecule has 0 bridgehead atoms. The number of rotatable bonds is 15. The molecule has 5 aliphatic heterocycles. The number of alkyl halides is 6. The lowest BCUT2D eigenvalue weighted by molar-refractivity contribution is -0.327. The molecule has 1 amide bonds. The highest BCUT2D eigenvalue weighted by Gasteiger charge is 2.61. The summed E-state index contributed by atoms with van der Waals surface area (Å²) in [7, 11) is 0. The lowest BCUT2D eigenvalue weighted by Gasteiger charge is -2.52. The largest absolute Gasteiger partial charge is 0.481 e. The zero-order chi connectivity index (χ0) is 49.5. The second-order valence-electron chi connectivity index (χ2n) is 20.3. The van der Waals surface area contributed by atoms with Crippen molar-refractivity contribution in [1.29, 1.82) is 0 Å². The number of ether oxygens (including phenoxy) is 6. The zero-order valence-corrected chi connectivity index (χ0v) is 39.8. The predicted octanol–water partition coefficient (Wildman–Crippen LogP) is 8.46. The fourth-order valence-electron chi connectivity index (χ4n) is 11.4. The van der Waals surface area contributed by atoms with E-state index < -0.39 is 132 Å². The number of carboxylic acids is 1. The molecular formula is C47H73F6NO12. The molecule has 1 spiro atoms. The molecule has 5 rings (SSSR count). The number of hydrogen-bond acceptors (Lipinski definition) is 11. The summed E-state index contributed by atoms with van der Waals surface area (Å²) in [6, 6.07) is -1.37. The number of alkyl carbamates (subject to hydrolysis) is 1. The third kappa shape index (κ3) is 11.4. The lowest BCUT2D eigenvalue weighted by Crippen LogP contribution is -2.62. The number of amides is 1. The van der Waals surface area contributed by atoms with Crippen LogP contribution in [0.1, 0.15) is 133 Å². The fourth-order valence-corrected chi connectivity index (χ4v) is 11.4. The van der Waals surface area contributed by atoms with Crippen LogP contribution in [0, 0.1) is 41.4 Å². The van der Waals surface area contributed by atoms with E-state index in [9.17, 15) is 56.0 Å². The van der Waals surface area contributed by atoms with Crippen molar-refractivity contribution >= 4 is 17.8 Å². The summed E-state index contributed by atoms with van der Waals surface area (Å²) in [4.78, 5) is 39.5. The van der Waals surface area contributed by atoms with Crippen molar-refractivity contribution in [2.45, 2.75) is 224 Å². The zero-order valence-electron chi connectivity index (χ0n) is 39.8. The normalized spacial score (nSPS) is 40.1. The number of aliphatic carboxylic acids is 1. The minimum absolute atomic E-state index is 0.00915. The second kappa shape index (κ2) is 20.8. The van der Waals surface area contributed by atoms with Gasteiger partial charge in [0, 0.05) is 23.7 Å². The third-order valence-corrected chi connectivity index (χ3v) is 15.8. The molecule has 0 radical (unpaired) electrons. The van der Waals surface area contributed by atoms with Gasteiger partial charge in [0.2, 0.25) is 0 Å². The number of hydrogen-bond donors (Lipinski definition) is 4. The molecule has 66 heavy (non-hydrogen) atoms. The Hall–Kier alpha value is -2.55. The molecular weight excluding hydrogens is 884 g/mol. The number of aliphatic hydroxyl groups is 2. The fraction of sp³-hybridized carbons (Fsp3) is 0.894. The third-order valence-electron chi connectivity index (χ3n) is 15.8. The van der Waals surface area contributed by atoms with Crippen LogP contribution >= 0.6 is 0 Å². The first-order valence-corrected chi connectivity index (χ1v) is 23.9. The molecule has 2 unspecified atom stereocenters. The van der Waals surface area contributed by atoms with Gasteiger partial charge >= 0.3 is 24.4 Å². The van der Waals surface area contributed by atoms with Crippen LogP contribution < -0.4 is 5.32 Å². The number of aliphatic hydroxyl groups excluding tert-OH is 1. The van der Waals surface area contributed by atoms with Crippen LogP contribution in [0.15, 0.2) is 12.2 Å². The molecule has 0 saturated carbocycles. The first-order valence-electron chi connectivity index (χ1n) is 23.9. The average Bonchev–Trinajstić information content (AvgIpc) is 3.65. The standard InChI is InChI=1S/C47H73F6NO12/c1-11-29(40(57)58)32-15-14-23(4)37(62-32)27(8)35(55)26(7)36(56)30(12-2)38-24(5)22-25(6)45(65-38)21-16-31(54-42(59)63-41(46(48,49)50)47(51,52)53)39(66-45)33-17-19-43(10,64-33)34-18-20-44(60,13-3)28(9)61-34/h16,21,23-35,37-39,41,55,60H,11-15,17-20,22H2,1-10H3,(H,54,59)(H,57,58)/t23-,24-,25+,26-,27-,28-,29+,30-,31+,32+,33?,34+,35+,37+,38-,39?,43-,44+,45-/m0/s1. The number of carbonyl (C=O) groups is 3. The van der Waals surface area contributed by atoms with Gasteiger partial charge in [-0.2, -0.15) is 26.3 Å². The van der Waals surface area contributed by atoms with Gasteiger partial charge in [0.1, 0.15) is 11.9 Å². The van der Waals surface area contributed by atoms with Crippen LogP contribution in [0.2, 0.25) is 0 Å². The van der Waals surface area contributed by atoms with Crippen molar-refractivity contribution in [2.75, 3.05) is 0 Å². The average molecular weight is 958 g/mol. The number of carboxylic acid groups (broad SMARTS) is 1. The van der Waals surface area contributed by atoms with E-state index in [0.717, 1.165) is 0 Å². The SMILES string of the molecule is CC[C@@H](C(=O)[C@@H](C)[C@@H](O)[C@H](C)[C@@H]1O[C@@H]([C@@H](CC)C(=O)O)CC[C@@H]1C)[C@H]1O[C@]2(C=C[C@@H](NC(=O)OC(C(F)(F)F)C(F)(F)F)C(C3CC[C@@](C)([C@H]4CC[C@](O)(CC)[C@H](C)O4)O3)O2)[C@H](C)C[C@@H]1C. The smallest absolute Gasteiger partial charge is 0.434 e. The molecule has 4 fully saturated rings. The Morgan fingerprint density at radius 2 is 1.48 bits per heavy atom. The topological polar surface area (TPSA) is 179 Å². The summed E-state index contributed by atoms with van der Waals surface area (Å²) in [6.07, 6.45) is -17.2. The lowest BCUT2D eigenvalue weighted by atomic mass is 9.72. The quantitative estimate of drug-likeness (QED) is 0.0911. The highest BCUT2D eigenvalue weighted by molar-refractivity contribution is 5.84. The molecule has 19 heteroatoms. The summed E-state index contributed by atoms with van der Waals surface area (Å²) in [5.41, 5.74) is -2.01. The van der Waals surface area contributed by atoms with Crippen LogP contribution in [-0.4, -0.2) is 123 Å². The van der Waals surface area contributed by atoms with Gasteiger partial charge < -0.3 is 49.1 Å². The Labute approximate surface area is 384 Å². The van der Waals surface area contributed by atoms with E-state index in [-0.39, 0.29) is 24.0 Å². The molecule has 4 N–H and O–H groups in total. The van der Waals surface area contributed by atoms with E-state index in [4.69, 9.17) is 23.7 Å². The van der Waals surface area contributed by atoms with Crippen molar-refractivity contribution < 1.29 is 84.5 Å². The highest BCUT2D eigenvalue weighted by atomic mass is 19.4. The molecule has 19 atom stereocenters. The maximum atomic E-state index is 14.6. The maximum absolute atomic E-state index is 14.6. The molecule has 0 aliphatic carbocycles. The monoisotopic (exact) mass is 958 g/mol.